The number of oxime groups is 1. The second-order valence-corrected chi connectivity index (χ2v) is 10.8. The number of nitrogens with zero attached hydrogens (tertiary/aromatic N) is 5. The van der Waals surface area contributed by atoms with Crippen LogP contribution in [0.4, 0.5) is 5.13 Å². The smallest absolute Gasteiger partial charge is 0.352 e. The molecule has 0 aliphatic carbocycles. The first-order valence-electron chi connectivity index (χ1n) is 10.1. The molecular formula is C18H18N8O8S3. The highest BCUT2D eigenvalue weighted by atomic mass is 32.2. The average molecular weight is 571 g/mol. The third-order valence-electron chi connectivity index (χ3n) is 5.16. The fourth-order valence-electron chi connectivity index (χ4n) is 3.58. The Labute approximate surface area is 217 Å². The number of carbonyl (C=O) groups is 3. The van der Waals surface area contributed by atoms with Crippen LogP contribution in [0.3, 0.4) is 0 Å². The van der Waals surface area contributed by atoms with Crippen molar-refractivity contribution in [3.63, 3.8) is 0 Å². The maximum Gasteiger partial charge on any atom is 0.352 e. The van der Waals surface area contributed by atoms with E-state index in [4.69, 9.17) is 10.6 Å². The van der Waals surface area contributed by atoms with Gasteiger partial charge in [-0.3, -0.25) is 38.1 Å². The van der Waals surface area contributed by atoms with Crippen molar-refractivity contribution >= 4 is 62.5 Å². The molecule has 37 heavy (non-hydrogen) atoms. The van der Waals surface area contributed by atoms with Crippen molar-refractivity contribution in [3.05, 3.63) is 43.1 Å². The van der Waals surface area contributed by atoms with E-state index in [0.717, 1.165) is 32.7 Å². The average Bonchev–Trinajstić information content (AvgIpc) is 3.28. The second kappa shape index (κ2) is 10.3. The fraction of sp³-hybridized carbons (Fsp3) is 0.333. The van der Waals surface area contributed by atoms with Crippen LogP contribution in [0.25, 0.3) is 0 Å². The van der Waals surface area contributed by atoms with Crippen LogP contribution in [-0.2, 0) is 37.1 Å². The van der Waals surface area contributed by atoms with Crippen molar-refractivity contribution in [3.8, 4) is 0 Å². The molecule has 2 aromatic rings. The summed E-state index contributed by atoms with van der Waals surface area (Å²) in [6.07, 6.45) is 0. The van der Waals surface area contributed by atoms with Gasteiger partial charge in [0.15, 0.2) is 10.8 Å². The Hall–Kier alpha value is -3.84. The van der Waals surface area contributed by atoms with Gasteiger partial charge in [0, 0.05) is 18.2 Å². The van der Waals surface area contributed by atoms with Crippen molar-refractivity contribution in [2.24, 2.45) is 12.2 Å². The molecule has 1 saturated heterocycles. The van der Waals surface area contributed by atoms with E-state index in [1.165, 1.54) is 19.5 Å². The topological polar surface area (TPSA) is 232 Å². The van der Waals surface area contributed by atoms with Gasteiger partial charge < -0.3 is 21.0 Å². The van der Waals surface area contributed by atoms with Crippen molar-refractivity contribution in [2.75, 3.05) is 24.3 Å². The van der Waals surface area contributed by atoms with Crippen molar-refractivity contribution < 1.29 is 28.5 Å². The summed E-state index contributed by atoms with van der Waals surface area (Å²) in [5, 5.41) is 18.8. The summed E-state index contributed by atoms with van der Waals surface area (Å²) < 4.78 is 13.9. The molecule has 2 aromatic heterocycles. The Bertz CT molecular complexity index is 1510. The summed E-state index contributed by atoms with van der Waals surface area (Å²) in [7, 11) is 0.541. The number of nitrogen functional groups attached to an aromatic ring is 1. The number of aliphatic carboxylic acids is 1. The summed E-state index contributed by atoms with van der Waals surface area (Å²) in [4.78, 5) is 74.0. The maximum absolute atomic E-state index is 12.9. The fourth-order valence-corrected chi connectivity index (χ4v) is 6.83. The van der Waals surface area contributed by atoms with Crippen LogP contribution < -0.4 is 22.2 Å². The van der Waals surface area contributed by atoms with Gasteiger partial charge in [-0.25, -0.2) is 9.78 Å². The highest BCUT2D eigenvalue weighted by Gasteiger charge is 2.54. The van der Waals surface area contributed by atoms with Crippen LogP contribution in [0, 0.1) is 0 Å². The lowest BCUT2D eigenvalue weighted by molar-refractivity contribution is -0.150. The predicted octanol–water partition coefficient (Wildman–Crippen LogP) is -2.60. The highest BCUT2D eigenvalue weighted by molar-refractivity contribution is 8.00. The molecule has 196 valence electrons. The summed E-state index contributed by atoms with van der Waals surface area (Å²) in [5.74, 6) is -3.20. The monoisotopic (exact) mass is 570 g/mol. The summed E-state index contributed by atoms with van der Waals surface area (Å²) in [6.45, 7) is 0. The minimum atomic E-state index is -2.01. The normalized spacial score (nSPS) is 20.2. The van der Waals surface area contributed by atoms with Crippen LogP contribution in [0.5, 0.6) is 0 Å². The number of carboxylic acid groups (broad SMARTS) is 1. The molecular weight excluding hydrogens is 552 g/mol. The van der Waals surface area contributed by atoms with Gasteiger partial charge in [0.1, 0.15) is 29.9 Å². The molecule has 19 heteroatoms. The molecule has 0 saturated carbocycles. The van der Waals surface area contributed by atoms with Crippen molar-refractivity contribution in [1.82, 2.24) is 30.0 Å². The van der Waals surface area contributed by atoms with E-state index in [-0.39, 0.29) is 44.5 Å². The van der Waals surface area contributed by atoms with E-state index < -0.39 is 51.1 Å². The molecule has 0 radical (unpaired) electrons. The maximum atomic E-state index is 12.9. The van der Waals surface area contributed by atoms with Gasteiger partial charge in [0.2, 0.25) is 5.16 Å². The largest absolute Gasteiger partial charge is 0.477 e. The number of fused-ring (bicyclic) bond motifs is 1. The number of carboxylic acids is 1. The first-order valence-corrected chi connectivity index (χ1v) is 13.4. The molecule has 4 heterocycles. The zero-order valence-electron chi connectivity index (χ0n) is 19.0. The highest BCUT2D eigenvalue weighted by Crippen LogP contribution is 2.40. The molecule has 4 rings (SSSR count). The van der Waals surface area contributed by atoms with Gasteiger partial charge in [-0.05, 0) is 5.57 Å². The Morgan fingerprint density at radius 1 is 1.38 bits per heavy atom. The third-order valence-corrected chi connectivity index (χ3v) is 8.55. The second-order valence-electron chi connectivity index (χ2n) is 7.50. The molecule has 5 N–H and O–H groups in total. The van der Waals surface area contributed by atoms with E-state index >= 15 is 0 Å². The number of carbonyl (C=O) groups excluding carboxylic acids is 2. The number of anilines is 1. The summed E-state index contributed by atoms with van der Waals surface area (Å²) >= 11 is 2.23. The lowest BCUT2D eigenvalue weighted by Gasteiger charge is -2.49. The lowest BCUT2D eigenvalue weighted by Crippen LogP contribution is -2.71. The zero-order chi connectivity index (χ0) is 27.0. The Kier molecular flexibility index (Phi) is 7.28. The van der Waals surface area contributed by atoms with Gasteiger partial charge in [-0.15, -0.1) is 23.1 Å². The third kappa shape index (κ3) is 4.91. The summed E-state index contributed by atoms with van der Waals surface area (Å²) in [5.41, 5.74) is 3.18. The van der Waals surface area contributed by atoms with Gasteiger partial charge >= 0.3 is 17.1 Å². The number of aromatic nitrogens is 4. The Morgan fingerprint density at radius 3 is 2.73 bits per heavy atom. The van der Waals surface area contributed by atoms with Crippen LogP contribution in [0.1, 0.15) is 5.69 Å². The number of thioether (sulfide) groups is 1. The van der Waals surface area contributed by atoms with Gasteiger partial charge in [0.05, 0.1) is 16.6 Å². The Balaban J connectivity index is 1.55. The Morgan fingerprint density at radius 2 is 2.11 bits per heavy atom. The summed E-state index contributed by atoms with van der Waals surface area (Å²) in [6, 6.07) is -1.07. The van der Waals surface area contributed by atoms with E-state index in [1.54, 1.807) is 0 Å². The SMILES string of the molecule is CO/N=C(\C(=O)N[C@@H]1C(=O)N2C(C(=O)O)=C(CS(=O)c3nc(=O)c(=O)[nH]n3C)CS[C@H]12)c1csc(N)n1. The zero-order valence-corrected chi connectivity index (χ0v) is 21.4. The number of aromatic amines is 1. The molecule has 3 atom stereocenters. The van der Waals surface area contributed by atoms with E-state index in [1.807, 2.05) is 0 Å². The number of β-lactam (4-membered cyclic amide) rings is 1. The molecule has 0 spiro atoms. The van der Waals surface area contributed by atoms with E-state index in [0.29, 0.717) is 0 Å². The van der Waals surface area contributed by atoms with Crippen LogP contribution in [0.15, 0.2) is 36.6 Å². The number of nitrogens with two attached hydrogens (primary N) is 1. The number of nitrogens with one attached hydrogen (secondary N) is 2. The van der Waals surface area contributed by atoms with E-state index in [2.05, 4.69) is 25.5 Å². The number of H-pyrrole nitrogens is 1. The van der Waals surface area contributed by atoms with Crippen molar-refractivity contribution in [2.45, 2.75) is 16.6 Å². The molecule has 0 bridgehead atoms. The van der Waals surface area contributed by atoms with Crippen LogP contribution in [0.2, 0.25) is 0 Å². The molecule has 1 unspecified atom stereocenters. The quantitative estimate of drug-likeness (QED) is 0.111. The number of amides is 2. The van der Waals surface area contributed by atoms with Crippen molar-refractivity contribution in [1.29, 1.82) is 0 Å². The minimum absolute atomic E-state index is 0.0626. The van der Waals surface area contributed by atoms with Crippen LogP contribution in [-0.4, -0.2) is 87.5 Å². The number of rotatable bonds is 8. The number of aryl methyl sites for hydroxylation is 1. The molecule has 1 fully saturated rings. The molecule has 0 aromatic carbocycles. The number of thiazole rings is 1. The molecule has 16 nitrogen and oxygen atoms in total. The van der Waals surface area contributed by atoms with Gasteiger partial charge in [-0.1, -0.05) is 5.16 Å². The predicted molar refractivity (Wildman–Crippen MR) is 131 cm³/mol. The molecule has 2 aliphatic heterocycles. The number of hydrogen-bond acceptors (Lipinski definition) is 13. The minimum Gasteiger partial charge on any atom is -0.477 e. The van der Waals surface area contributed by atoms with Gasteiger partial charge in [-0.2, -0.15) is 4.98 Å². The first kappa shape index (κ1) is 26.2. The number of hydrogen-bond donors (Lipinski definition) is 4. The van der Waals surface area contributed by atoms with E-state index in [9.17, 15) is 33.3 Å². The molecule has 2 amide bonds. The molecule has 2 aliphatic rings. The lowest BCUT2D eigenvalue weighted by atomic mass is 10.0. The standard InChI is InChI=1S/C18H18N8O8S3/c1-25-18(22-12(28)13(29)23-25)37(33)5-6-3-35-15-9(14(30)26(15)10(6)16(31)32)21-11(27)8(24-34-2)7-4-36-17(19)20-7/h4,9,15H,3,5H2,1-2H3,(H2,19,20)(H,21,27)(H,23,29)(H,31,32)/b24-8-/t9-,15-,37?/m1/s1. The van der Waals surface area contributed by atoms with Crippen LogP contribution >= 0.6 is 23.1 Å². The first-order chi connectivity index (χ1) is 17.5. The van der Waals surface area contributed by atoms with Gasteiger partial charge in [0.25, 0.3) is 11.8 Å².